The van der Waals surface area contributed by atoms with Crippen molar-refractivity contribution < 1.29 is 14.0 Å². The van der Waals surface area contributed by atoms with Gasteiger partial charge in [0.25, 0.3) is 11.8 Å². The zero-order chi connectivity index (χ0) is 22.8. The molecule has 0 bridgehead atoms. The number of carbonyl (C=O) groups excluding carboxylic acids is 2. The molecule has 1 heterocycles. The molecule has 0 saturated carbocycles. The second-order valence-corrected chi connectivity index (χ2v) is 8.90. The number of hydrogen-bond donors (Lipinski definition) is 2. The van der Waals surface area contributed by atoms with Crippen LogP contribution in [0.4, 0.5) is 5.69 Å². The number of furan rings is 1. The van der Waals surface area contributed by atoms with Crippen LogP contribution < -0.4 is 10.7 Å². The molecule has 0 atom stereocenters. The third-order valence-corrected chi connectivity index (χ3v) is 6.38. The molecule has 3 aromatic rings. The summed E-state index contributed by atoms with van der Waals surface area (Å²) in [6, 6.07) is 12.4. The van der Waals surface area contributed by atoms with Crippen molar-refractivity contribution in [2.24, 2.45) is 5.10 Å². The first-order valence-electron chi connectivity index (χ1n) is 10.2. The molecular weight excluding hydrogens is 494 g/mol. The normalized spacial score (nSPS) is 14.2. The fourth-order valence-electron chi connectivity index (χ4n) is 3.70. The smallest absolute Gasteiger partial charge is 0.291 e. The predicted octanol–water partition coefficient (Wildman–Crippen LogP) is 6.04. The number of hydrazone groups is 1. The highest BCUT2D eigenvalue weighted by molar-refractivity contribution is 9.10. The minimum Gasteiger partial charge on any atom is -0.455 e. The Balaban J connectivity index is 1.57. The lowest BCUT2D eigenvalue weighted by Crippen LogP contribution is -2.22. The number of nitrogens with zero attached hydrogens (tertiary/aromatic N) is 1. The first-order chi connectivity index (χ1) is 15.3. The van der Waals surface area contributed by atoms with E-state index < -0.39 is 0 Å². The van der Waals surface area contributed by atoms with Crippen LogP contribution in [0.3, 0.4) is 0 Å². The maximum absolute atomic E-state index is 12.9. The highest BCUT2D eigenvalue weighted by Gasteiger charge is 2.28. The zero-order valence-electron chi connectivity index (χ0n) is 17.6. The number of anilines is 1. The summed E-state index contributed by atoms with van der Waals surface area (Å²) in [6.45, 7) is 3.68. The number of carbonyl (C=O) groups is 2. The molecule has 8 heteroatoms. The first-order valence-corrected chi connectivity index (χ1v) is 11.3. The molecule has 0 spiro atoms. The van der Waals surface area contributed by atoms with E-state index in [1.54, 1.807) is 42.5 Å². The number of nitrogens with one attached hydrogen (secondary N) is 2. The molecule has 164 valence electrons. The number of benzene rings is 2. The van der Waals surface area contributed by atoms with Crippen molar-refractivity contribution in [2.75, 3.05) is 5.32 Å². The van der Waals surface area contributed by atoms with E-state index in [-0.39, 0.29) is 17.6 Å². The number of fused-ring (bicyclic) bond motifs is 1. The lowest BCUT2D eigenvalue weighted by Gasteiger charge is -2.13. The van der Waals surface area contributed by atoms with Gasteiger partial charge in [-0.25, -0.2) is 5.43 Å². The van der Waals surface area contributed by atoms with Gasteiger partial charge in [0.05, 0.1) is 5.71 Å². The molecule has 1 aliphatic rings. The lowest BCUT2D eigenvalue weighted by atomic mass is 9.93. The Hall–Kier alpha value is -2.90. The molecule has 0 saturated heterocycles. The summed E-state index contributed by atoms with van der Waals surface area (Å²) in [5.41, 5.74) is 6.75. The predicted molar refractivity (Wildman–Crippen MR) is 129 cm³/mol. The number of aryl methyl sites for hydroxylation is 1. The number of rotatable bonds is 4. The first kappa shape index (κ1) is 22.3. The summed E-state index contributed by atoms with van der Waals surface area (Å²) >= 11 is 9.52. The van der Waals surface area contributed by atoms with Crippen LogP contribution in [0, 0.1) is 13.8 Å². The Labute approximate surface area is 199 Å². The minimum absolute atomic E-state index is 0.239. The van der Waals surface area contributed by atoms with Gasteiger partial charge in [0.1, 0.15) is 5.76 Å². The molecule has 32 heavy (non-hydrogen) atoms. The summed E-state index contributed by atoms with van der Waals surface area (Å²) < 4.78 is 6.83. The molecule has 0 fully saturated rings. The molecule has 2 aromatic carbocycles. The molecule has 0 unspecified atom stereocenters. The van der Waals surface area contributed by atoms with Crippen LogP contribution in [0.15, 0.2) is 56.5 Å². The van der Waals surface area contributed by atoms with Crippen molar-refractivity contribution in [3.8, 4) is 0 Å². The highest BCUT2D eigenvalue weighted by atomic mass is 79.9. The Morgan fingerprint density at radius 2 is 1.78 bits per heavy atom. The van der Waals surface area contributed by atoms with E-state index in [0.717, 1.165) is 22.0 Å². The van der Waals surface area contributed by atoms with E-state index in [1.807, 2.05) is 13.8 Å². The van der Waals surface area contributed by atoms with Crippen LogP contribution in [0.1, 0.15) is 56.2 Å². The van der Waals surface area contributed by atoms with Gasteiger partial charge in [-0.05, 0) is 68.7 Å². The maximum Gasteiger partial charge on any atom is 0.291 e. The van der Waals surface area contributed by atoms with Gasteiger partial charge in [-0.3, -0.25) is 9.59 Å². The summed E-state index contributed by atoms with van der Waals surface area (Å²) in [5, 5.41) is 7.82. The molecule has 2 amide bonds. The van der Waals surface area contributed by atoms with Gasteiger partial charge in [0.15, 0.2) is 5.76 Å². The monoisotopic (exact) mass is 513 g/mol. The number of amides is 2. The molecule has 0 radical (unpaired) electrons. The van der Waals surface area contributed by atoms with Gasteiger partial charge in [0.2, 0.25) is 0 Å². The van der Waals surface area contributed by atoms with Crippen molar-refractivity contribution in [1.29, 1.82) is 0 Å². The van der Waals surface area contributed by atoms with Gasteiger partial charge in [0, 0.05) is 38.3 Å². The van der Waals surface area contributed by atoms with Crippen LogP contribution in [0.25, 0.3) is 0 Å². The Bertz CT molecular complexity index is 1230. The van der Waals surface area contributed by atoms with Crippen molar-refractivity contribution in [3.05, 3.63) is 85.7 Å². The van der Waals surface area contributed by atoms with E-state index >= 15 is 0 Å². The van der Waals surface area contributed by atoms with Gasteiger partial charge in [-0.1, -0.05) is 33.6 Å². The van der Waals surface area contributed by atoms with Crippen molar-refractivity contribution in [2.45, 2.75) is 33.1 Å². The lowest BCUT2D eigenvalue weighted by molar-refractivity contribution is 0.0953. The van der Waals surface area contributed by atoms with Crippen molar-refractivity contribution in [1.82, 2.24) is 5.43 Å². The maximum atomic E-state index is 12.9. The fourth-order valence-corrected chi connectivity index (χ4v) is 4.14. The highest BCUT2D eigenvalue weighted by Crippen LogP contribution is 2.31. The van der Waals surface area contributed by atoms with Gasteiger partial charge < -0.3 is 9.73 Å². The van der Waals surface area contributed by atoms with Crippen LogP contribution in [-0.2, 0) is 6.42 Å². The standard InChI is InChI=1S/C24H21BrClN3O3/c1-13-17(26)5-3-6-18(13)27-24(31)22-14(2)21-19(7-4-8-20(21)32-22)28-29-23(30)15-9-11-16(25)12-10-15/h3,5-6,9-12H,4,7-8H2,1-2H3,(H,27,31)(H,29,30)/b28-19+. The third-order valence-electron chi connectivity index (χ3n) is 5.45. The summed E-state index contributed by atoms with van der Waals surface area (Å²) in [6.07, 6.45) is 2.21. The minimum atomic E-state index is -0.347. The summed E-state index contributed by atoms with van der Waals surface area (Å²) in [7, 11) is 0. The van der Waals surface area contributed by atoms with Crippen LogP contribution in [0.2, 0.25) is 5.02 Å². The molecule has 1 aliphatic carbocycles. The molecule has 0 aliphatic heterocycles. The summed E-state index contributed by atoms with van der Waals surface area (Å²) in [5.74, 6) is 0.301. The van der Waals surface area contributed by atoms with Crippen LogP contribution in [-0.4, -0.2) is 17.5 Å². The quantitative estimate of drug-likeness (QED) is 0.417. The molecule has 1 aromatic heterocycles. The van der Waals surface area contributed by atoms with Crippen molar-refractivity contribution >= 4 is 50.7 Å². The zero-order valence-corrected chi connectivity index (χ0v) is 19.9. The largest absolute Gasteiger partial charge is 0.455 e. The van der Waals surface area contributed by atoms with Gasteiger partial charge in [-0.15, -0.1) is 0 Å². The third kappa shape index (κ3) is 4.49. The fraction of sp³-hybridized carbons (Fsp3) is 0.208. The van der Waals surface area contributed by atoms with E-state index in [9.17, 15) is 9.59 Å². The molecule has 4 rings (SSSR count). The average Bonchev–Trinajstić information content (AvgIpc) is 3.13. The van der Waals surface area contributed by atoms with Crippen LogP contribution in [0.5, 0.6) is 0 Å². The average molecular weight is 515 g/mol. The molecule has 6 nitrogen and oxygen atoms in total. The molecule has 2 N–H and O–H groups in total. The van der Waals surface area contributed by atoms with Crippen molar-refractivity contribution in [3.63, 3.8) is 0 Å². The topological polar surface area (TPSA) is 83.7 Å². The summed E-state index contributed by atoms with van der Waals surface area (Å²) in [4.78, 5) is 25.4. The Kier molecular flexibility index (Phi) is 6.48. The van der Waals surface area contributed by atoms with E-state index in [4.69, 9.17) is 16.0 Å². The van der Waals surface area contributed by atoms with E-state index in [2.05, 4.69) is 31.8 Å². The second-order valence-electron chi connectivity index (χ2n) is 7.58. The second kappa shape index (κ2) is 9.30. The number of halogens is 2. The Morgan fingerprint density at radius 1 is 1.03 bits per heavy atom. The Morgan fingerprint density at radius 3 is 2.53 bits per heavy atom. The SMILES string of the molecule is Cc1c(Cl)cccc1NC(=O)c1oc2c(c1C)/C(=N/NC(=O)c1ccc(Br)cc1)CCC2. The van der Waals surface area contributed by atoms with Gasteiger partial charge >= 0.3 is 0 Å². The molecular formula is C24H21BrClN3O3. The number of hydrogen-bond acceptors (Lipinski definition) is 4. The van der Waals surface area contributed by atoms with E-state index in [0.29, 0.717) is 46.2 Å². The van der Waals surface area contributed by atoms with Crippen LogP contribution >= 0.6 is 27.5 Å². The van der Waals surface area contributed by atoms with Gasteiger partial charge in [-0.2, -0.15) is 5.10 Å². The van der Waals surface area contributed by atoms with E-state index in [1.165, 1.54) is 0 Å².